The predicted octanol–water partition coefficient (Wildman–Crippen LogP) is 5.57. The van der Waals surface area contributed by atoms with E-state index in [9.17, 15) is 0 Å². The third-order valence-electron chi connectivity index (χ3n) is 6.10. The Morgan fingerprint density at radius 1 is 0.964 bits per heavy atom. The summed E-state index contributed by atoms with van der Waals surface area (Å²) < 4.78 is 0. The van der Waals surface area contributed by atoms with E-state index in [1.54, 1.807) is 0 Å². The van der Waals surface area contributed by atoms with Crippen molar-refractivity contribution in [2.45, 2.75) is 53.0 Å². The van der Waals surface area contributed by atoms with Crippen molar-refractivity contribution in [2.75, 3.05) is 13.1 Å². The first-order valence-corrected chi connectivity index (χ1v) is 10.5. The van der Waals surface area contributed by atoms with Gasteiger partial charge in [0.1, 0.15) is 0 Å². The molecule has 1 saturated heterocycles. The smallest absolute Gasteiger partial charge is 0.0708 e. The predicted molar refractivity (Wildman–Crippen MR) is 117 cm³/mol. The molecular weight excluding hydrogens is 342 g/mol. The Morgan fingerprint density at radius 2 is 1.71 bits per heavy atom. The van der Waals surface area contributed by atoms with Crippen LogP contribution >= 0.6 is 0 Å². The fraction of sp³-hybridized carbons (Fsp3) is 0.440. The van der Waals surface area contributed by atoms with Gasteiger partial charge in [-0.25, -0.2) is 0 Å². The van der Waals surface area contributed by atoms with E-state index >= 15 is 0 Å². The van der Waals surface area contributed by atoms with Crippen LogP contribution in [0.15, 0.2) is 42.5 Å². The molecule has 0 spiro atoms. The quantitative estimate of drug-likeness (QED) is 0.598. The molecule has 2 aromatic heterocycles. The molecule has 28 heavy (non-hydrogen) atoms. The number of benzene rings is 1. The first-order valence-electron chi connectivity index (χ1n) is 10.5. The molecule has 3 heteroatoms. The van der Waals surface area contributed by atoms with E-state index in [0.29, 0.717) is 6.04 Å². The van der Waals surface area contributed by atoms with Gasteiger partial charge in [-0.05, 0) is 94.8 Å². The molecule has 1 aromatic carbocycles. The summed E-state index contributed by atoms with van der Waals surface area (Å²) in [6, 6.07) is 16.0. The van der Waals surface area contributed by atoms with Gasteiger partial charge < -0.3 is 0 Å². The summed E-state index contributed by atoms with van der Waals surface area (Å²) >= 11 is 0. The zero-order valence-electron chi connectivity index (χ0n) is 17.6. The van der Waals surface area contributed by atoms with Crippen LogP contribution in [0.1, 0.15) is 54.0 Å². The molecule has 4 rings (SSSR count). The minimum Gasteiger partial charge on any atom is -0.296 e. The van der Waals surface area contributed by atoms with E-state index in [1.165, 1.54) is 42.4 Å². The molecule has 0 amide bonds. The van der Waals surface area contributed by atoms with Crippen molar-refractivity contribution in [2.24, 2.45) is 5.92 Å². The van der Waals surface area contributed by atoms with Crippen LogP contribution in [0.5, 0.6) is 0 Å². The summed E-state index contributed by atoms with van der Waals surface area (Å²) in [5.74, 6) is 0.721. The minimum atomic E-state index is 0.426. The average molecular weight is 374 g/mol. The van der Waals surface area contributed by atoms with E-state index < -0.39 is 0 Å². The second kappa shape index (κ2) is 8.00. The maximum Gasteiger partial charge on any atom is 0.0708 e. The summed E-state index contributed by atoms with van der Waals surface area (Å²) in [6.07, 6.45) is 3.76. The fourth-order valence-corrected chi connectivity index (χ4v) is 4.69. The van der Waals surface area contributed by atoms with Gasteiger partial charge in [-0.1, -0.05) is 18.2 Å². The van der Waals surface area contributed by atoms with E-state index in [1.807, 2.05) is 0 Å². The van der Waals surface area contributed by atoms with Crippen molar-refractivity contribution in [3.63, 3.8) is 0 Å². The Kier molecular flexibility index (Phi) is 5.45. The second-order valence-corrected chi connectivity index (χ2v) is 8.55. The number of likely N-dealkylation sites (tertiary alicyclic amines) is 1. The molecular formula is C25H31N3. The van der Waals surface area contributed by atoms with Crippen molar-refractivity contribution >= 4 is 10.9 Å². The lowest BCUT2D eigenvalue weighted by molar-refractivity contribution is 0.131. The number of fused-ring (bicyclic) bond motifs is 1. The van der Waals surface area contributed by atoms with Gasteiger partial charge in [0.2, 0.25) is 0 Å². The van der Waals surface area contributed by atoms with Gasteiger partial charge in [-0.3, -0.25) is 14.9 Å². The van der Waals surface area contributed by atoms with Crippen molar-refractivity contribution in [3.05, 3.63) is 70.7 Å². The van der Waals surface area contributed by atoms with Crippen LogP contribution in [0, 0.1) is 26.7 Å². The molecule has 0 bridgehead atoms. The molecule has 0 unspecified atom stereocenters. The summed E-state index contributed by atoms with van der Waals surface area (Å²) in [4.78, 5) is 11.9. The lowest BCUT2D eigenvalue weighted by Gasteiger charge is -2.37. The Morgan fingerprint density at radius 3 is 2.50 bits per heavy atom. The van der Waals surface area contributed by atoms with E-state index in [2.05, 4.69) is 80.0 Å². The molecule has 3 heterocycles. The maximum absolute atomic E-state index is 4.73. The lowest BCUT2D eigenvalue weighted by atomic mass is 9.89. The lowest BCUT2D eigenvalue weighted by Crippen LogP contribution is -2.38. The van der Waals surface area contributed by atoms with Crippen molar-refractivity contribution in [3.8, 4) is 0 Å². The molecule has 0 aliphatic carbocycles. The van der Waals surface area contributed by atoms with Gasteiger partial charge in [0.15, 0.2) is 0 Å². The minimum absolute atomic E-state index is 0.426. The normalized spacial score (nSPS) is 19.1. The topological polar surface area (TPSA) is 29.0 Å². The van der Waals surface area contributed by atoms with Gasteiger partial charge >= 0.3 is 0 Å². The Labute approximate surface area is 168 Å². The van der Waals surface area contributed by atoms with Crippen molar-refractivity contribution in [1.29, 1.82) is 0 Å². The number of aromatic nitrogens is 2. The molecule has 3 nitrogen and oxygen atoms in total. The summed E-state index contributed by atoms with van der Waals surface area (Å²) in [5, 5.41) is 1.22. The molecule has 1 fully saturated rings. The number of rotatable bonds is 4. The molecule has 0 radical (unpaired) electrons. The first-order chi connectivity index (χ1) is 13.5. The molecule has 1 aliphatic rings. The SMILES string of the molecule is Cc1cc(C[C@H]2CCCN([C@H](C)c3ccc4ccc(C)nc4c3)C2)cc(C)n1. The zero-order valence-corrected chi connectivity index (χ0v) is 17.6. The highest BCUT2D eigenvalue weighted by molar-refractivity contribution is 5.79. The number of hydrogen-bond donors (Lipinski definition) is 0. The third-order valence-corrected chi connectivity index (χ3v) is 6.10. The Hall–Kier alpha value is -2.26. The summed E-state index contributed by atoms with van der Waals surface area (Å²) in [6.45, 7) is 11.0. The Balaban J connectivity index is 1.49. The van der Waals surface area contributed by atoms with Crippen molar-refractivity contribution in [1.82, 2.24) is 14.9 Å². The molecule has 0 saturated carbocycles. The van der Waals surface area contributed by atoms with Gasteiger partial charge in [-0.2, -0.15) is 0 Å². The van der Waals surface area contributed by atoms with Crippen LogP contribution in [-0.2, 0) is 6.42 Å². The summed E-state index contributed by atoms with van der Waals surface area (Å²) in [5.41, 5.74) is 7.28. The van der Waals surface area contributed by atoms with Crippen LogP contribution in [0.2, 0.25) is 0 Å². The van der Waals surface area contributed by atoms with Gasteiger partial charge in [0.25, 0.3) is 0 Å². The average Bonchev–Trinajstić information content (AvgIpc) is 2.66. The van der Waals surface area contributed by atoms with Gasteiger partial charge in [0.05, 0.1) is 5.52 Å². The number of hydrogen-bond acceptors (Lipinski definition) is 3. The molecule has 2 atom stereocenters. The van der Waals surface area contributed by atoms with E-state index in [0.717, 1.165) is 34.9 Å². The molecule has 0 N–H and O–H groups in total. The third kappa shape index (κ3) is 4.25. The Bertz CT molecular complexity index is 958. The molecule has 3 aromatic rings. The van der Waals surface area contributed by atoms with Crippen LogP contribution in [0.3, 0.4) is 0 Å². The number of pyridine rings is 2. The van der Waals surface area contributed by atoms with Crippen LogP contribution in [0.4, 0.5) is 0 Å². The highest BCUT2D eigenvalue weighted by Crippen LogP contribution is 2.30. The molecule has 146 valence electrons. The van der Waals surface area contributed by atoms with Crippen LogP contribution in [-0.4, -0.2) is 28.0 Å². The molecule has 1 aliphatic heterocycles. The van der Waals surface area contributed by atoms with Crippen LogP contribution in [0.25, 0.3) is 10.9 Å². The van der Waals surface area contributed by atoms with Crippen LogP contribution < -0.4 is 0 Å². The largest absolute Gasteiger partial charge is 0.296 e. The van der Waals surface area contributed by atoms with E-state index in [4.69, 9.17) is 4.98 Å². The standard InChI is InChI=1S/C25H31N3/c1-17-7-8-23-9-10-24(15-25(23)27-17)20(4)28-11-5-6-21(16-28)14-22-12-18(2)26-19(3)13-22/h7-10,12-13,15,20-21H,5-6,11,14,16H2,1-4H3/t20-,21-/m1/s1. The number of aryl methyl sites for hydroxylation is 3. The number of piperidine rings is 1. The first kappa shape index (κ1) is 19.1. The number of nitrogens with zero attached hydrogens (tertiary/aromatic N) is 3. The van der Waals surface area contributed by atoms with E-state index in [-0.39, 0.29) is 0 Å². The summed E-state index contributed by atoms with van der Waals surface area (Å²) in [7, 11) is 0. The monoisotopic (exact) mass is 373 g/mol. The highest BCUT2D eigenvalue weighted by atomic mass is 15.2. The fourth-order valence-electron chi connectivity index (χ4n) is 4.69. The van der Waals surface area contributed by atoms with Gasteiger partial charge in [0, 0.05) is 35.1 Å². The van der Waals surface area contributed by atoms with Gasteiger partial charge in [-0.15, -0.1) is 0 Å². The highest BCUT2D eigenvalue weighted by Gasteiger charge is 2.25. The maximum atomic E-state index is 4.73. The second-order valence-electron chi connectivity index (χ2n) is 8.55. The zero-order chi connectivity index (χ0) is 19.7. The van der Waals surface area contributed by atoms with Crippen molar-refractivity contribution < 1.29 is 0 Å².